The van der Waals surface area contributed by atoms with Gasteiger partial charge < -0.3 is 9.52 Å². The maximum absolute atomic E-state index is 10.7. The Balaban J connectivity index is 1.94. The van der Waals surface area contributed by atoms with Crippen LogP contribution in [0.4, 0.5) is 0 Å². The first-order valence-corrected chi connectivity index (χ1v) is 6.51. The van der Waals surface area contributed by atoms with Crippen LogP contribution in [0, 0.1) is 5.41 Å². The van der Waals surface area contributed by atoms with Gasteiger partial charge in [0.15, 0.2) is 0 Å². The molecule has 0 bridgehead atoms. The summed E-state index contributed by atoms with van der Waals surface area (Å²) in [7, 11) is 0. The number of carbonyl (C=O) groups is 1. The highest BCUT2D eigenvalue weighted by atomic mass is 16.4. The molecule has 1 saturated heterocycles. The van der Waals surface area contributed by atoms with Crippen LogP contribution in [0.5, 0.6) is 0 Å². The molecule has 0 amide bonds. The van der Waals surface area contributed by atoms with Gasteiger partial charge in [-0.3, -0.25) is 4.90 Å². The van der Waals surface area contributed by atoms with E-state index in [1.807, 2.05) is 0 Å². The second-order valence-electron chi connectivity index (χ2n) is 5.87. The zero-order chi connectivity index (χ0) is 13.2. The second-order valence-corrected chi connectivity index (χ2v) is 5.87. The largest absolute Gasteiger partial charge is 0.475 e. The van der Waals surface area contributed by atoms with Crippen molar-refractivity contribution in [3.8, 4) is 0 Å². The Hall–Kier alpha value is -1.29. The highest BCUT2D eigenvalue weighted by Crippen LogP contribution is 2.30. The maximum atomic E-state index is 10.7. The standard InChI is InChI=1S/C14H21NO3/c1-14(2)6-3-8-15(9-7-14)10-11-4-5-12(18-11)13(16)17/h4-5H,3,6-10H2,1-2H3,(H,16,17). The van der Waals surface area contributed by atoms with Crippen LogP contribution in [0.3, 0.4) is 0 Å². The molecule has 4 nitrogen and oxygen atoms in total. The summed E-state index contributed by atoms with van der Waals surface area (Å²) >= 11 is 0. The molecule has 1 aromatic heterocycles. The summed E-state index contributed by atoms with van der Waals surface area (Å²) in [5, 5.41) is 8.81. The van der Waals surface area contributed by atoms with E-state index in [9.17, 15) is 4.79 Å². The van der Waals surface area contributed by atoms with Gasteiger partial charge in [-0.15, -0.1) is 0 Å². The Morgan fingerprint density at radius 3 is 2.83 bits per heavy atom. The fourth-order valence-corrected chi connectivity index (χ4v) is 2.44. The second kappa shape index (κ2) is 5.14. The third kappa shape index (κ3) is 3.35. The molecule has 100 valence electrons. The predicted molar refractivity (Wildman–Crippen MR) is 68.6 cm³/mol. The van der Waals surface area contributed by atoms with Gasteiger partial charge in [0.1, 0.15) is 5.76 Å². The number of hydrogen-bond donors (Lipinski definition) is 1. The molecule has 1 aliphatic rings. The van der Waals surface area contributed by atoms with Gasteiger partial charge in [-0.1, -0.05) is 13.8 Å². The van der Waals surface area contributed by atoms with Gasteiger partial charge in [0.25, 0.3) is 0 Å². The molecular formula is C14H21NO3. The van der Waals surface area contributed by atoms with Crippen molar-refractivity contribution in [3.05, 3.63) is 23.7 Å². The lowest BCUT2D eigenvalue weighted by molar-refractivity contribution is 0.0658. The van der Waals surface area contributed by atoms with Gasteiger partial charge in [0.2, 0.25) is 5.76 Å². The molecule has 1 N–H and O–H groups in total. The van der Waals surface area contributed by atoms with Gasteiger partial charge in [-0.05, 0) is 49.9 Å². The zero-order valence-corrected chi connectivity index (χ0v) is 11.1. The lowest BCUT2D eigenvalue weighted by atomic mass is 9.85. The smallest absolute Gasteiger partial charge is 0.371 e. The van der Waals surface area contributed by atoms with E-state index in [0.717, 1.165) is 18.8 Å². The van der Waals surface area contributed by atoms with Crippen molar-refractivity contribution in [1.82, 2.24) is 4.90 Å². The van der Waals surface area contributed by atoms with Crippen molar-refractivity contribution in [2.75, 3.05) is 13.1 Å². The van der Waals surface area contributed by atoms with E-state index in [0.29, 0.717) is 12.0 Å². The average Bonchev–Trinajstić information content (AvgIpc) is 2.67. The van der Waals surface area contributed by atoms with Crippen LogP contribution in [-0.2, 0) is 6.54 Å². The summed E-state index contributed by atoms with van der Waals surface area (Å²) in [5.74, 6) is -0.231. The Bertz CT molecular complexity index is 422. The number of aromatic carboxylic acids is 1. The van der Waals surface area contributed by atoms with Crippen LogP contribution in [-0.4, -0.2) is 29.1 Å². The molecule has 0 atom stereocenters. The Labute approximate surface area is 108 Å². The van der Waals surface area contributed by atoms with Crippen LogP contribution in [0.1, 0.15) is 49.4 Å². The fraction of sp³-hybridized carbons (Fsp3) is 0.643. The van der Waals surface area contributed by atoms with Crippen molar-refractivity contribution in [1.29, 1.82) is 0 Å². The SMILES string of the molecule is CC1(C)CCCN(Cc2ccc(C(=O)O)o2)CC1. The van der Waals surface area contributed by atoms with Gasteiger partial charge in [0.05, 0.1) is 6.54 Å². The molecule has 2 heterocycles. The van der Waals surface area contributed by atoms with Crippen molar-refractivity contribution >= 4 is 5.97 Å². The van der Waals surface area contributed by atoms with E-state index in [1.54, 1.807) is 6.07 Å². The number of nitrogens with zero attached hydrogens (tertiary/aromatic N) is 1. The quantitative estimate of drug-likeness (QED) is 0.897. The van der Waals surface area contributed by atoms with Crippen LogP contribution < -0.4 is 0 Å². The summed E-state index contributed by atoms with van der Waals surface area (Å²) < 4.78 is 5.30. The maximum Gasteiger partial charge on any atom is 0.371 e. The zero-order valence-electron chi connectivity index (χ0n) is 11.1. The normalized spacial score (nSPS) is 20.6. The van der Waals surface area contributed by atoms with Crippen molar-refractivity contribution in [2.45, 2.75) is 39.7 Å². The van der Waals surface area contributed by atoms with E-state index < -0.39 is 5.97 Å². The number of furan rings is 1. The molecule has 0 aromatic carbocycles. The number of rotatable bonds is 3. The van der Waals surface area contributed by atoms with E-state index in [1.165, 1.54) is 25.3 Å². The van der Waals surface area contributed by atoms with Crippen LogP contribution in [0.15, 0.2) is 16.5 Å². The van der Waals surface area contributed by atoms with Gasteiger partial charge in [0, 0.05) is 0 Å². The van der Waals surface area contributed by atoms with Gasteiger partial charge in [-0.25, -0.2) is 4.79 Å². The third-order valence-corrected chi connectivity index (χ3v) is 3.68. The monoisotopic (exact) mass is 251 g/mol. The summed E-state index contributed by atoms with van der Waals surface area (Å²) in [6.45, 7) is 7.45. The summed E-state index contributed by atoms with van der Waals surface area (Å²) in [6, 6.07) is 3.29. The fourth-order valence-electron chi connectivity index (χ4n) is 2.44. The third-order valence-electron chi connectivity index (χ3n) is 3.68. The molecule has 18 heavy (non-hydrogen) atoms. The van der Waals surface area contributed by atoms with Crippen LogP contribution >= 0.6 is 0 Å². The molecule has 4 heteroatoms. The Morgan fingerprint density at radius 2 is 2.17 bits per heavy atom. The molecule has 0 saturated carbocycles. The molecular weight excluding hydrogens is 230 g/mol. The topological polar surface area (TPSA) is 53.7 Å². The number of carboxylic acids is 1. The Kier molecular flexibility index (Phi) is 3.76. The minimum atomic E-state index is -1.00. The molecule has 2 rings (SSSR count). The molecule has 1 fully saturated rings. The van der Waals surface area contributed by atoms with E-state index in [4.69, 9.17) is 9.52 Å². The molecule has 1 aromatic rings. The average molecular weight is 251 g/mol. The highest BCUT2D eigenvalue weighted by Gasteiger charge is 2.23. The molecule has 0 radical (unpaired) electrons. The van der Waals surface area contributed by atoms with Crippen LogP contribution in [0.25, 0.3) is 0 Å². The van der Waals surface area contributed by atoms with Crippen molar-refractivity contribution in [2.24, 2.45) is 5.41 Å². The highest BCUT2D eigenvalue weighted by molar-refractivity contribution is 5.84. The van der Waals surface area contributed by atoms with Gasteiger partial charge >= 0.3 is 5.97 Å². The first-order valence-electron chi connectivity index (χ1n) is 6.51. The lowest BCUT2D eigenvalue weighted by Crippen LogP contribution is -2.24. The lowest BCUT2D eigenvalue weighted by Gasteiger charge is -2.22. The minimum Gasteiger partial charge on any atom is -0.475 e. The van der Waals surface area contributed by atoms with Gasteiger partial charge in [-0.2, -0.15) is 0 Å². The molecule has 1 aliphatic heterocycles. The van der Waals surface area contributed by atoms with Crippen molar-refractivity contribution in [3.63, 3.8) is 0 Å². The minimum absolute atomic E-state index is 0.0279. The number of likely N-dealkylation sites (tertiary alicyclic amines) is 1. The predicted octanol–water partition coefficient (Wildman–Crippen LogP) is 2.99. The van der Waals surface area contributed by atoms with Crippen LogP contribution in [0.2, 0.25) is 0 Å². The Morgan fingerprint density at radius 1 is 1.39 bits per heavy atom. The summed E-state index contributed by atoms with van der Waals surface area (Å²) in [4.78, 5) is 13.1. The number of hydrogen-bond acceptors (Lipinski definition) is 3. The van der Waals surface area contributed by atoms with E-state index >= 15 is 0 Å². The first kappa shape index (κ1) is 13.1. The van der Waals surface area contributed by atoms with Crippen molar-refractivity contribution < 1.29 is 14.3 Å². The molecule has 0 unspecified atom stereocenters. The van der Waals surface area contributed by atoms with E-state index in [2.05, 4.69) is 18.7 Å². The number of carboxylic acid groups (broad SMARTS) is 1. The van der Waals surface area contributed by atoms with E-state index in [-0.39, 0.29) is 5.76 Å². The molecule has 0 aliphatic carbocycles. The summed E-state index contributed by atoms with van der Waals surface area (Å²) in [6.07, 6.45) is 3.63. The summed E-state index contributed by atoms with van der Waals surface area (Å²) in [5.41, 5.74) is 0.421. The first-order chi connectivity index (χ1) is 8.46. The molecule has 0 spiro atoms.